The molecule has 2 aromatic rings. The van der Waals surface area contributed by atoms with Crippen molar-refractivity contribution in [2.45, 2.75) is 18.6 Å². The van der Waals surface area contributed by atoms with E-state index in [0.29, 0.717) is 18.8 Å². The van der Waals surface area contributed by atoms with Crippen molar-refractivity contribution >= 4 is 5.69 Å². The molecule has 3 heterocycles. The molecule has 0 amide bonds. The fourth-order valence-electron chi connectivity index (χ4n) is 2.54. The van der Waals surface area contributed by atoms with Crippen molar-refractivity contribution in [1.29, 1.82) is 0 Å². The van der Waals surface area contributed by atoms with Crippen LogP contribution in [0.2, 0.25) is 0 Å². The topological polar surface area (TPSA) is 75.2 Å². The van der Waals surface area contributed by atoms with Crippen LogP contribution in [0.3, 0.4) is 0 Å². The van der Waals surface area contributed by atoms with Gasteiger partial charge in [0.15, 0.2) is 0 Å². The van der Waals surface area contributed by atoms with Crippen molar-refractivity contribution < 1.29 is 9.47 Å². The highest BCUT2D eigenvalue weighted by atomic mass is 16.5. The average molecular weight is 274 g/mol. The number of nitrogens with two attached hydrogens (primary N) is 1. The molecule has 0 spiro atoms. The van der Waals surface area contributed by atoms with Gasteiger partial charge in [0.2, 0.25) is 0 Å². The number of methoxy groups -OCH3 is 1. The van der Waals surface area contributed by atoms with Gasteiger partial charge < -0.3 is 19.8 Å². The summed E-state index contributed by atoms with van der Waals surface area (Å²) in [5.74, 6) is 0. The summed E-state index contributed by atoms with van der Waals surface area (Å²) in [6, 6.07) is 1.79. The van der Waals surface area contributed by atoms with E-state index in [1.54, 1.807) is 38.1 Å². The molecule has 1 saturated heterocycles. The molecule has 1 aliphatic rings. The minimum absolute atomic E-state index is 0.285. The Bertz CT molecular complexity index is 590. The molecule has 1 fully saturated rings. The third-order valence-electron chi connectivity index (χ3n) is 3.80. The van der Waals surface area contributed by atoms with Gasteiger partial charge >= 0.3 is 0 Å². The number of pyridine rings is 1. The third-order valence-corrected chi connectivity index (χ3v) is 3.80. The highest BCUT2D eigenvalue weighted by Crippen LogP contribution is 2.29. The Labute approximate surface area is 117 Å². The Kier molecular flexibility index (Phi) is 3.42. The first-order valence-electron chi connectivity index (χ1n) is 6.57. The number of aromatic nitrogens is 3. The molecule has 2 aromatic heterocycles. The van der Waals surface area contributed by atoms with E-state index in [0.717, 1.165) is 24.3 Å². The minimum atomic E-state index is -0.285. The number of hydrogen-bond acceptors (Lipinski definition) is 5. The first-order chi connectivity index (χ1) is 9.74. The molecule has 2 N–H and O–H groups in total. The van der Waals surface area contributed by atoms with Gasteiger partial charge in [-0.05, 0) is 6.07 Å². The van der Waals surface area contributed by atoms with Crippen LogP contribution in [0.5, 0.6) is 0 Å². The Morgan fingerprint density at radius 2 is 2.35 bits per heavy atom. The van der Waals surface area contributed by atoms with Crippen LogP contribution in [0.1, 0.15) is 6.42 Å². The molecule has 20 heavy (non-hydrogen) atoms. The van der Waals surface area contributed by atoms with Gasteiger partial charge in [0, 0.05) is 43.8 Å². The zero-order valence-electron chi connectivity index (χ0n) is 11.5. The Morgan fingerprint density at radius 1 is 1.45 bits per heavy atom. The number of nitrogens with zero attached hydrogens (tertiary/aromatic N) is 3. The van der Waals surface area contributed by atoms with Gasteiger partial charge in [-0.3, -0.25) is 4.98 Å². The van der Waals surface area contributed by atoms with Crippen LogP contribution in [-0.4, -0.2) is 40.5 Å². The Morgan fingerprint density at radius 3 is 3.05 bits per heavy atom. The van der Waals surface area contributed by atoms with Crippen LogP contribution >= 0.6 is 0 Å². The van der Waals surface area contributed by atoms with Gasteiger partial charge in [0.1, 0.15) is 5.60 Å². The average Bonchev–Trinajstić information content (AvgIpc) is 3.10. The van der Waals surface area contributed by atoms with Gasteiger partial charge in [-0.2, -0.15) is 0 Å². The number of ether oxygens (including phenoxy) is 2. The third kappa shape index (κ3) is 2.28. The lowest BCUT2D eigenvalue weighted by Gasteiger charge is -2.27. The lowest BCUT2D eigenvalue weighted by atomic mass is 10.0. The van der Waals surface area contributed by atoms with Gasteiger partial charge in [-0.1, -0.05) is 0 Å². The zero-order chi connectivity index (χ0) is 14.0. The summed E-state index contributed by atoms with van der Waals surface area (Å²) < 4.78 is 13.2. The summed E-state index contributed by atoms with van der Waals surface area (Å²) in [5, 5.41) is 0. The fraction of sp³-hybridized carbons (Fsp3) is 0.429. The molecule has 0 radical (unpaired) electrons. The molecule has 1 unspecified atom stereocenters. The van der Waals surface area contributed by atoms with E-state index >= 15 is 0 Å². The summed E-state index contributed by atoms with van der Waals surface area (Å²) in [6.45, 7) is 2.02. The minimum Gasteiger partial charge on any atom is -0.398 e. The maximum absolute atomic E-state index is 6.02. The first-order valence-corrected chi connectivity index (χ1v) is 6.57. The molecular formula is C14H18N4O2. The molecule has 6 nitrogen and oxygen atoms in total. The standard InChI is InChI=1S/C14H18N4O2/c1-19-14(3-5-20-9-14)8-18-10-17-7-13(18)11-6-16-4-2-12(11)15/h2,4,6-7,10H,3,5,8-9H2,1H3,(H2,15,16). The lowest BCUT2D eigenvalue weighted by molar-refractivity contribution is -0.0292. The Hall–Kier alpha value is -1.92. The molecule has 3 rings (SSSR count). The van der Waals surface area contributed by atoms with Gasteiger partial charge in [-0.25, -0.2) is 4.98 Å². The summed E-state index contributed by atoms with van der Waals surface area (Å²) in [6.07, 6.45) is 7.91. The summed E-state index contributed by atoms with van der Waals surface area (Å²) in [5.41, 5.74) is 8.25. The van der Waals surface area contributed by atoms with Gasteiger partial charge in [0.05, 0.1) is 31.4 Å². The van der Waals surface area contributed by atoms with Crippen molar-refractivity contribution in [1.82, 2.24) is 14.5 Å². The normalized spacial score (nSPS) is 22.2. The monoisotopic (exact) mass is 274 g/mol. The maximum Gasteiger partial charge on any atom is 0.111 e. The molecule has 0 bridgehead atoms. The maximum atomic E-state index is 6.02. The molecule has 0 saturated carbocycles. The van der Waals surface area contributed by atoms with Crippen LogP contribution in [0, 0.1) is 0 Å². The largest absolute Gasteiger partial charge is 0.398 e. The van der Waals surface area contributed by atoms with Crippen LogP contribution in [-0.2, 0) is 16.0 Å². The highest BCUT2D eigenvalue weighted by molar-refractivity contribution is 5.72. The van der Waals surface area contributed by atoms with Crippen molar-refractivity contribution in [3.8, 4) is 11.3 Å². The second-order valence-corrected chi connectivity index (χ2v) is 5.06. The van der Waals surface area contributed by atoms with Gasteiger partial charge in [-0.15, -0.1) is 0 Å². The molecular weight excluding hydrogens is 256 g/mol. The van der Waals surface area contributed by atoms with Crippen LogP contribution in [0.25, 0.3) is 11.3 Å². The number of anilines is 1. The van der Waals surface area contributed by atoms with Crippen molar-refractivity contribution in [3.63, 3.8) is 0 Å². The van der Waals surface area contributed by atoms with Crippen molar-refractivity contribution in [2.75, 3.05) is 26.1 Å². The van der Waals surface area contributed by atoms with E-state index in [1.807, 2.05) is 4.57 Å². The van der Waals surface area contributed by atoms with E-state index in [-0.39, 0.29) is 5.60 Å². The quantitative estimate of drug-likeness (QED) is 0.910. The van der Waals surface area contributed by atoms with E-state index in [4.69, 9.17) is 15.2 Å². The summed E-state index contributed by atoms with van der Waals surface area (Å²) in [7, 11) is 1.73. The number of imidazole rings is 1. The predicted molar refractivity (Wildman–Crippen MR) is 75.0 cm³/mol. The van der Waals surface area contributed by atoms with Crippen LogP contribution < -0.4 is 5.73 Å². The van der Waals surface area contributed by atoms with Gasteiger partial charge in [0.25, 0.3) is 0 Å². The molecule has 0 aromatic carbocycles. The van der Waals surface area contributed by atoms with E-state index in [1.165, 1.54) is 0 Å². The van der Waals surface area contributed by atoms with Crippen molar-refractivity contribution in [3.05, 3.63) is 31.0 Å². The smallest absolute Gasteiger partial charge is 0.111 e. The summed E-state index contributed by atoms with van der Waals surface area (Å²) >= 11 is 0. The molecule has 0 aliphatic carbocycles. The summed E-state index contributed by atoms with van der Waals surface area (Å²) in [4.78, 5) is 8.37. The second-order valence-electron chi connectivity index (χ2n) is 5.06. The molecule has 1 aliphatic heterocycles. The molecule has 6 heteroatoms. The Balaban J connectivity index is 1.93. The van der Waals surface area contributed by atoms with E-state index < -0.39 is 0 Å². The lowest BCUT2D eigenvalue weighted by Crippen LogP contribution is -2.37. The number of hydrogen-bond donors (Lipinski definition) is 1. The predicted octanol–water partition coefficient (Wildman–Crippen LogP) is 1.33. The second kappa shape index (κ2) is 5.22. The van der Waals surface area contributed by atoms with E-state index in [9.17, 15) is 0 Å². The first kappa shape index (κ1) is 13.1. The SMILES string of the molecule is COC1(Cn2cncc2-c2cnccc2N)CCOC1. The molecule has 106 valence electrons. The number of nitrogen functional groups attached to an aromatic ring is 1. The van der Waals surface area contributed by atoms with E-state index in [2.05, 4.69) is 9.97 Å². The van der Waals surface area contributed by atoms with Crippen LogP contribution in [0.4, 0.5) is 5.69 Å². The number of rotatable bonds is 4. The zero-order valence-corrected chi connectivity index (χ0v) is 11.5. The fourth-order valence-corrected chi connectivity index (χ4v) is 2.54. The molecule has 1 atom stereocenters. The highest BCUT2D eigenvalue weighted by Gasteiger charge is 2.35. The van der Waals surface area contributed by atoms with Crippen molar-refractivity contribution in [2.24, 2.45) is 0 Å². The van der Waals surface area contributed by atoms with Crippen LogP contribution in [0.15, 0.2) is 31.0 Å².